The van der Waals surface area contributed by atoms with Gasteiger partial charge in [0.15, 0.2) is 0 Å². The summed E-state index contributed by atoms with van der Waals surface area (Å²) in [6.07, 6.45) is 4.66. The molecule has 1 aliphatic rings. The second kappa shape index (κ2) is 9.12. The van der Waals surface area contributed by atoms with E-state index < -0.39 is 0 Å². The molecule has 0 unspecified atom stereocenters. The number of aryl methyl sites for hydroxylation is 2. The molecule has 1 aliphatic heterocycles. The standard InChI is InChI=1S/C16H24O.2C2H6/c1-6-8-16(5)9-7-14-12(3)10-11(2)13(4)15(14)17-16;2*1-2/h10H,6-9H2,1-5H3;2*1-2H3/t16-;;/m1../s1. The molecule has 0 fully saturated rings. The van der Waals surface area contributed by atoms with Crippen molar-refractivity contribution in [2.45, 2.75) is 93.6 Å². The monoisotopic (exact) mass is 292 g/mol. The SMILES string of the molecule is CC.CC.CCC[C@]1(C)CCc2c(C)cc(C)c(C)c2O1. The molecule has 0 amide bonds. The van der Waals surface area contributed by atoms with Crippen molar-refractivity contribution >= 4 is 0 Å². The first-order chi connectivity index (χ1) is 9.97. The van der Waals surface area contributed by atoms with Gasteiger partial charge in [-0.25, -0.2) is 0 Å². The van der Waals surface area contributed by atoms with Crippen molar-refractivity contribution in [2.24, 2.45) is 0 Å². The second-order valence-corrected chi connectivity index (χ2v) is 5.75. The molecule has 122 valence electrons. The van der Waals surface area contributed by atoms with Crippen LogP contribution in [-0.2, 0) is 6.42 Å². The van der Waals surface area contributed by atoms with Crippen LogP contribution in [0.25, 0.3) is 0 Å². The molecule has 0 radical (unpaired) electrons. The third-order valence-electron chi connectivity index (χ3n) is 4.15. The molecule has 0 aromatic heterocycles. The van der Waals surface area contributed by atoms with Crippen LogP contribution in [0.1, 0.15) is 83.1 Å². The first-order valence-electron chi connectivity index (χ1n) is 8.75. The van der Waals surface area contributed by atoms with Gasteiger partial charge in [-0.15, -0.1) is 0 Å². The fraction of sp³-hybridized carbons (Fsp3) is 0.700. The normalized spacial score (nSPS) is 19.3. The topological polar surface area (TPSA) is 9.23 Å². The van der Waals surface area contributed by atoms with Gasteiger partial charge in [0.1, 0.15) is 11.4 Å². The third-order valence-corrected chi connectivity index (χ3v) is 4.15. The summed E-state index contributed by atoms with van der Waals surface area (Å²) in [5.41, 5.74) is 5.55. The van der Waals surface area contributed by atoms with E-state index in [1.54, 1.807) is 0 Å². The lowest BCUT2D eigenvalue weighted by Gasteiger charge is -2.37. The van der Waals surface area contributed by atoms with Crippen LogP contribution in [0, 0.1) is 20.8 Å². The Kier molecular flexibility index (Phi) is 8.70. The number of ether oxygens (including phenoxy) is 1. The van der Waals surface area contributed by atoms with Gasteiger partial charge < -0.3 is 4.74 Å². The number of fused-ring (bicyclic) bond motifs is 1. The largest absolute Gasteiger partial charge is 0.487 e. The quantitative estimate of drug-likeness (QED) is 0.600. The van der Waals surface area contributed by atoms with Crippen LogP contribution < -0.4 is 4.74 Å². The molecule has 1 aromatic carbocycles. The molecular formula is C20H36O. The van der Waals surface area contributed by atoms with Crippen LogP contribution in [-0.4, -0.2) is 5.60 Å². The maximum Gasteiger partial charge on any atom is 0.126 e. The molecule has 0 N–H and O–H groups in total. The lowest BCUT2D eigenvalue weighted by atomic mass is 9.85. The van der Waals surface area contributed by atoms with Crippen molar-refractivity contribution in [1.29, 1.82) is 0 Å². The molecule has 1 nitrogen and oxygen atoms in total. The highest BCUT2D eigenvalue weighted by Crippen LogP contribution is 2.40. The first kappa shape index (κ1) is 20.0. The van der Waals surface area contributed by atoms with E-state index in [1.807, 2.05) is 27.7 Å². The smallest absolute Gasteiger partial charge is 0.126 e. The summed E-state index contributed by atoms with van der Waals surface area (Å²) in [5.74, 6) is 1.17. The lowest BCUT2D eigenvalue weighted by Crippen LogP contribution is -2.36. The highest BCUT2D eigenvalue weighted by Gasteiger charge is 2.32. The molecule has 0 saturated carbocycles. The molecule has 1 heterocycles. The van der Waals surface area contributed by atoms with E-state index in [2.05, 4.69) is 40.7 Å². The molecule has 0 bridgehead atoms. The molecular weight excluding hydrogens is 256 g/mol. The summed E-state index contributed by atoms with van der Waals surface area (Å²) < 4.78 is 6.35. The van der Waals surface area contributed by atoms with Crippen LogP contribution in [0.3, 0.4) is 0 Å². The van der Waals surface area contributed by atoms with Crippen molar-refractivity contribution in [3.8, 4) is 5.75 Å². The Morgan fingerprint density at radius 1 is 1.05 bits per heavy atom. The second-order valence-electron chi connectivity index (χ2n) is 5.75. The number of hydrogen-bond donors (Lipinski definition) is 0. The third kappa shape index (κ3) is 4.76. The molecule has 2 rings (SSSR count). The lowest BCUT2D eigenvalue weighted by molar-refractivity contribution is 0.0544. The molecule has 21 heavy (non-hydrogen) atoms. The van der Waals surface area contributed by atoms with Gasteiger partial charge in [0, 0.05) is 0 Å². The summed E-state index contributed by atoms with van der Waals surface area (Å²) in [7, 11) is 0. The van der Waals surface area contributed by atoms with Crippen molar-refractivity contribution in [2.75, 3.05) is 0 Å². The molecule has 1 atom stereocenters. The highest BCUT2D eigenvalue weighted by molar-refractivity contribution is 5.51. The van der Waals surface area contributed by atoms with Crippen LogP contribution in [0.2, 0.25) is 0 Å². The average molecular weight is 293 g/mol. The van der Waals surface area contributed by atoms with Gasteiger partial charge in [-0.3, -0.25) is 0 Å². The van der Waals surface area contributed by atoms with Crippen molar-refractivity contribution in [3.63, 3.8) is 0 Å². The Bertz CT molecular complexity index is 434. The minimum atomic E-state index is 0.0484. The van der Waals surface area contributed by atoms with E-state index in [-0.39, 0.29) is 5.60 Å². The van der Waals surface area contributed by atoms with E-state index in [0.29, 0.717) is 0 Å². The molecule has 0 spiro atoms. The summed E-state index contributed by atoms with van der Waals surface area (Å²) in [6, 6.07) is 2.29. The van der Waals surface area contributed by atoms with Gasteiger partial charge in [0.25, 0.3) is 0 Å². The Hall–Kier alpha value is -0.980. The zero-order chi connectivity index (χ0) is 16.6. The summed E-state index contributed by atoms with van der Waals surface area (Å²) >= 11 is 0. The van der Waals surface area contributed by atoms with Gasteiger partial charge >= 0.3 is 0 Å². The Labute approximate surface area is 133 Å². The molecule has 1 aromatic rings. The Balaban J connectivity index is 0.000000921. The summed E-state index contributed by atoms with van der Waals surface area (Å²) in [4.78, 5) is 0. The number of hydrogen-bond acceptors (Lipinski definition) is 1. The average Bonchev–Trinajstić information content (AvgIpc) is 2.49. The summed E-state index contributed by atoms with van der Waals surface area (Å²) in [6.45, 7) is 19.1. The summed E-state index contributed by atoms with van der Waals surface area (Å²) in [5, 5.41) is 0. The van der Waals surface area contributed by atoms with E-state index in [4.69, 9.17) is 4.74 Å². The van der Waals surface area contributed by atoms with E-state index in [0.717, 1.165) is 12.8 Å². The first-order valence-corrected chi connectivity index (χ1v) is 8.75. The van der Waals surface area contributed by atoms with Crippen LogP contribution >= 0.6 is 0 Å². The maximum atomic E-state index is 6.35. The van der Waals surface area contributed by atoms with E-state index in [1.165, 1.54) is 40.8 Å². The minimum Gasteiger partial charge on any atom is -0.487 e. The fourth-order valence-corrected chi connectivity index (χ4v) is 2.95. The zero-order valence-corrected chi connectivity index (χ0v) is 15.8. The predicted molar refractivity (Wildman–Crippen MR) is 95.6 cm³/mol. The molecule has 0 saturated heterocycles. The fourth-order valence-electron chi connectivity index (χ4n) is 2.95. The predicted octanol–water partition coefficient (Wildman–Crippen LogP) is 6.55. The van der Waals surface area contributed by atoms with Gasteiger partial charge in [-0.05, 0) is 69.2 Å². The van der Waals surface area contributed by atoms with E-state index in [9.17, 15) is 0 Å². The molecule has 0 aliphatic carbocycles. The number of benzene rings is 1. The minimum absolute atomic E-state index is 0.0484. The maximum absolute atomic E-state index is 6.35. The highest BCUT2D eigenvalue weighted by atomic mass is 16.5. The van der Waals surface area contributed by atoms with Crippen molar-refractivity contribution in [3.05, 3.63) is 28.3 Å². The Morgan fingerprint density at radius 3 is 2.14 bits per heavy atom. The van der Waals surface area contributed by atoms with E-state index >= 15 is 0 Å². The Morgan fingerprint density at radius 2 is 1.62 bits per heavy atom. The van der Waals surface area contributed by atoms with Gasteiger partial charge in [-0.2, -0.15) is 0 Å². The van der Waals surface area contributed by atoms with Crippen LogP contribution in [0.15, 0.2) is 6.07 Å². The zero-order valence-electron chi connectivity index (χ0n) is 15.8. The van der Waals surface area contributed by atoms with Crippen molar-refractivity contribution < 1.29 is 4.74 Å². The van der Waals surface area contributed by atoms with Crippen molar-refractivity contribution in [1.82, 2.24) is 0 Å². The van der Waals surface area contributed by atoms with Crippen LogP contribution in [0.4, 0.5) is 0 Å². The van der Waals surface area contributed by atoms with Gasteiger partial charge in [-0.1, -0.05) is 47.1 Å². The van der Waals surface area contributed by atoms with Gasteiger partial charge in [0.2, 0.25) is 0 Å². The molecule has 1 heteroatoms. The van der Waals surface area contributed by atoms with Crippen LogP contribution in [0.5, 0.6) is 5.75 Å². The van der Waals surface area contributed by atoms with Gasteiger partial charge in [0.05, 0.1) is 0 Å². The number of rotatable bonds is 2.